The number of hydrogen-bond acceptors (Lipinski definition) is 2. The lowest BCUT2D eigenvalue weighted by atomic mass is 9.78. The Morgan fingerprint density at radius 3 is 2.32 bits per heavy atom. The molecule has 3 atom stereocenters. The summed E-state index contributed by atoms with van der Waals surface area (Å²) in [7, 11) is 2.29. The highest BCUT2D eigenvalue weighted by molar-refractivity contribution is 4.83. The Hall–Kier alpha value is -0.0800. The average molecular weight is 267 g/mol. The molecule has 0 heterocycles. The first kappa shape index (κ1) is 15.3. The molecule has 0 aromatic rings. The van der Waals surface area contributed by atoms with Crippen LogP contribution in [-0.2, 0) is 0 Å². The summed E-state index contributed by atoms with van der Waals surface area (Å²) in [4.78, 5) is 2.57. The summed E-state index contributed by atoms with van der Waals surface area (Å²) in [5, 5.41) is 10.3. The van der Waals surface area contributed by atoms with E-state index in [9.17, 15) is 5.11 Å². The molecule has 3 unspecified atom stereocenters. The Bertz CT molecular complexity index is 248. The van der Waals surface area contributed by atoms with Crippen LogP contribution in [0.4, 0.5) is 0 Å². The second-order valence-corrected chi connectivity index (χ2v) is 7.00. The second kappa shape index (κ2) is 7.64. The zero-order valence-corrected chi connectivity index (χ0v) is 13.0. The Morgan fingerprint density at radius 1 is 1.00 bits per heavy atom. The largest absolute Gasteiger partial charge is 0.393 e. The topological polar surface area (TPSA) is 23.5 Å². The van der Waals surface area contributed by atoms with Crippen LogP contribution in [0.3, 0.4) is 0 Å². The van der Waals surface area contributed by atoms with E-state index < -0.39 is 0 Å². The van der Waals surface area contributed by atoms with Crippen molar-refractivity contribution in [2.75, 3.05) is 13.6 Å². The van der Waals surface area contributed by atoms with E-state index in [0.717, 1.165) is 24.9 Å². The van der Waals surface area contributed by atoms with Crippen LogP contribution in [0.1, 0.15) is 71.1 Å². The van der Waals surface area contributed by atoms with Crippen LogP contribution in [-0.4, -0.2) is 35.7 Å². The molecule has 0 aliphatic heterocycles. The summed E-state index contributed by atoms with van der Waals surface area (Å²) >= 11 is 0. The minimum Gasteiger partial charge on any atom is -0.393 e. The van der Waals surface area contributed by atoms with Gasteiger partial charge < -0.3 is 10.0 Å². The maximum Gasteiger partial charge on any atom is 0.0580 e. The molecule has 0 spiro atoms. The van der Waals surface area contributed by atoms with Crippen LogP contribution < -0.4 is 0 Å². The highest BCUT2D eigenvalue weighted by atomic mass is 16.3. The summed E-state index contributed by atoms with van der Waals surface area (Å²) in [5.41, 5.74) is 0. The molecular weight excluding hydrogens is 234 g/mol. The van der Waals surface area contributed by atoms with Crippen LogP contribution in [0, 0.1) is 11.8 Å². The molecule has 2 aliphatic carbocycles. The maximum atomic E-state index is 10.3. The van der Waals surface area contributed by atoms with Gasteiger partial charge in [0, 0.05) is 12.6 Å². The van der Waals surface area contributed by atoms with Crippen LogP contribution in [0.25, 0.3) is 0 Å². The number of nitrogens with zero attached hydrogens (tertiary/aromatic N) is 1. The van der Waals surface area contributed by atoms with Crippen molar-refractivity contribution in [3.05, 3.63) is 0 Å². The first-order valence-electron chi connectivity index (χ1n) is 8.59. The molecule has 0 aromatic carbocycles. The fraction of sp³-hybridized carbons (Fsp3) is 1.00. The lowest BCUT2D eigenvalue weighted by molar-refractivity contribution is 0.0227. The van der Waals surface area contributed by atoms with Crippen LogP contribution in [0.15, 0.2) is 0 Å². The van der Waals surface area contributed by atoms with Crippen molar-refractivity contribution in [2.45, 2.75) is 83.3 Å². The lowest BCUT2D eigenvalue weighted by Gasteiger charge is -2.37. The first-order chi connectivity index (χ1) is 9.20. The fourth-order valence-electron chi connectivity index (χ4n) is 4.13. The van der Waals surface area contributed by atoms with Crippen molar-refractivity contribution in [1.82, 2.24) is 4.90 Å². The Labute approximate surface area is 119 Å². The molecular formula is C17H33NO. The zero-order chi connectivity index (χ0) is 13.7. The van der Waals surface area contributed by atoms with Crippen molar-refractivity contribution < 1.29 is 5.11 Å². The molecule has 0 saturated heterocycles. The van der Waals surface area contributed by atoms with E-state index in [4.69, 9.17) is 0 Å². The summed E-state index contributed by atoms with van der Waals surface area (Å²) in [5.74, 6) is 1.38. The highest BCUT2D eigenvalue weighted by Gasteiger charge is 2.30. The van der Waals surface area contributed by atoms with Gasteiger partial charge in [0.2, 0.25) is 0 Å². The Morgan fingerprint density at radius 2 is 1.68 bits per heavy atom. The molecule has 0 amide bonds. The standard InChI is InChI=1S/C17H33NO/c1-3-14-10-11-17(19)15(12-14)13-18(2)16-8-6-4-5-7-9-16/h14-17,19H,3-13H2,1-2H3. The third-order valence-electron chi connectivity index (χ3n) is 5.60. The summed E-state index contributed by atoms with van der Waals surface area (Å²) in [6.45, 7) is 3.41. The molecule has 0 aromatic heterocycles. The lowest BCUT2D eigenvalue weighted by Crippen LogP contribution is -2.41. The van der Waals surface area contributed by atoms with E-state index in [-0.39, 0.29) is 6.10 Å². The molecule has 19 heavy (non-hydrogen) atoms. The number of hydrogen-bond donors (Lipinski definition) is 1. The van der Waals surface area contributed by atoms with Crippen molar-refractivity contribution in [3.8, 4) is 0 Å². The van der Waals surface area contributed by atoms with Crippen molar-refractivity contribution in [2.24, 2.45) is 11.8 Å². The fourth-order valence-corrected chi connectivity index (χ4v) is 4.13. The molecule has 2 heteroatoms. The van der Waals surface area contributed by atoms with Gasteiger partial charge in [-0.1, -0.05) is 39.0 Å². The minimum absolute atomic E-state index is 0.0453. The number of rotatable bonds is 4. The van der Waals surface area contributed by atoms with Gasteiger partial charge in [0.25, 0.3) is 0 Å². The van der Waals surface area contributed by atoms with E-state index >= 15 is 0 Å². The smallest absolute Gasteiger partial charge is 0.0580 e. The van der Waals surface area contributed by atoms with Crippen molar-refractivity contribution in [3.63, 3.8) is 0 Å². The van der Waals surface area contributed by atoms with Gasteiger partial charge in [0.1, 0.15) is 0 Å². The summed E-state index contributed by atoms with van der Waals surface area (Å²) in [6, 6.07) is 0.775. The van der Waals surface area contributed by atoms with Gasteiger partial charge in [-0.15, -0.1) is 0 Å². The second-order valence-electron chi connectivity index (χ2n) is 7.00. The van der Waals surface area contributed by atoms with Gasteiger partial charge in [-0.25, -0.2) is 0 Å². The normalized spacial score (nSPS) is 34.4. The molecule has 0 bridgehead atoms. The molecule has 2 aliphatic rings. The van der Waals surface area contributed by atoms with E-state index in [1.165, 1.54) is 57.8 Å². The van der Waals surface area contributed by atoms with E-state index in [0.29, 0.717) is 5.92 Å². The molecule has 112 valence electrons. The highest BCUT2D eigenvalue weighted by Crippen LogP contribution is 2.32. The van der Waals surface area contributed by atoms with Gasteiger partial charge in [0.05, 0.1) is 6.10 Å². The molecule has 2 rings (SSSR count). The van der Waals surface area contributed by atoms with Gasteiger partial charge in [-0.05, 0) is 51.0 Å². The van der Waals surface area contributed by atoms with Crippen molar-refractivity contribution >= 4 is 0 Å². The predicted octanol–water partition coefficient (Wildman–Crippen LogP) is 3.83. The Balaban J connectivity index is 1.83. The third-order valence-corrected chi connectivity index (χ3v) is 5.60. The maximum absolute atomic E-state index is 10.3. The summed E-state index contributed by atoms with van der Waals surface area (Å²) in [6.07, 6.45) is 13.2. The SMILES string of the molecule is CCC1CCC(O)C(CN(C)C2CCCCCC2)C1. The van der Waals surface area contributed by atoms with Crippen LogP contribution >= 0.6 is 0 Å². The average Bonchev–Trinajstić information content (AvgIpc) is 2.70. The van der Waals surface area contributed by atoms with Crippen LogP contribution in [0.2, 0.25) is 0 Å². The minimum atomic E-state index is -0.0453. The molecule has 0 radical (unpaired) electrons. The van der Waals surface area contributed by atoms with Crippen molar-refractivity contribution in [1.29, 1.82) is 0 Å². The van der Waals surface area contributed by atoms with E-state index in [1.54, 1.807) is 0 Å². The molecule has 1 N–H and O–H groups in total. The summed E-state index contributed by atoms with van der Waals surface area (Å²) < 4.78 is 0. The van der Waals surface area contributed by atoms with Crippen LogP contribution in [0.5, 0.6) is 0 Å². The number of aliphatic hydroxyl groups is 1. The molecule has 2 nitrogen and oxygen atoms in total. The quantitative estimate of drug-likeness (QED) is 0.783. The molecule has 2 saturated carbocycles. The number of aliphatic hydroxyl groups excluding tert-OH is 1. The van der Waals surface area contributed by atoms with Gasteiger partial charge in [-0.3, -0.25) is 0 Å². The van der Waals surface area contributed by atoms with E-state index in [1.807, 2.05) is 0 Å². The van der Waals surface area contributed by atoms with E-state index in [2.05, 4.69) is 18.9 Å². The third kappa shape index (κ3) is 4.46. The van der Waals surface area contributed by atoms with Gasteiger partial charge in [0.15, 0.2) is 0 Å². The Kier molecular flexibility index (Phi) is 6.15. The molecule has 2 fully saturated rings. The zero-order valence-electron chi connectivity index (χ0n) is 13.0. The first-order valence-corrected chi connectivity index (χ1v) is 8.59. The monoisotopic (exact) mass is 267 g/mol. The predicted molar refractivity (Wildman–Crippen MR) is 81.2 cm³/mol. The van der Waals surface area contributed by atoms with Gasteiger partial charge >= 0.3 is 0 Å². The van der Waals surface area contributed by atoms with Gasteiger partial charge in [-0.2, -0.15) is 0 Å².